The monoisotopic (exact) mass is 231 g/mol. The maximum atomic E-state index is 11.4. The largest absolute Gasteiger partial charge is 0.481 e. The Labute approximate surface area is 96.2 Å². The van der Waals surface area contributed by atoms with Gasteiger partial charge in [-0.1, -0.05) is 0 Å². The highest BCUT2D eigenvalue weighted by Crippen LogP contribution is 2.21. The van der Waals surface area contributed by atoms with Crippen LogP contribution >= 0.6 is 0 Å². The van der Waals surface area contributed by atoms with E-state index in [2.05, 4.69) is 5.32 Å². The van der Waals surface area contributed by atoms with Gasteiger partial charge in [-0.05, 0) is 41.5 Å². The minimum Gasteiger partial charge on any atom is -0.481 e. The van der Waals surface area contributed by atoms with Crippen molar-refractivity contribution in [1.29, 1.82) is 0 Å². The van der Waals surface area contributed by atoms with Crippen LogP contribution in [0.3, 0.4) is 0 Å². The van der Waals surface area contributed by atoms with Crippen LogP contribution in [-0.2, 0) is 9.53 Å². The van der Waals surface area contributed by atoms with Crippen LogP contribution in [-0.4, -0.2) is 28.8 Å². The summed E-state index contributed by atoms with van der Waals surface area (Å²) in [6.45, 7) is 9.99. The highest BCUT2D eigenvalue weighted by molar-refractivity contribution is 5.76. The molecule has 0 spiro atoms. The first-order valence-corrected chi connectivity index (χ1v) is 5.19. The summed E-state index contributed by atoms with van der Waals surface area (Å²) in [4.78, 5) is 22.3. The first-order chi connectivity index (χ1) is 6.97. The summed E-state index contributed by atoms with van der Waals surface area (Å²) >= 11 is 0. The Bertz CT molecular complexity index is 278. The van der Waals surface area contributed by atoms with Crippen LogP contribution in [0.5, 0.6) is 0 Å². The Morgan fingerprint density at radius 3 is 1.94 bits per heavy atom. The number of ether oxygens (including phenoxy) is 1. The number of alkyl carbamates (subject to hydrolysis) is 1. The van der Waals surface area contributed by atoms with Gasteiger partial charge < -0.3 is 15.2 Å². The van der Waals surface area contributed by atoms with E-state index in [0.29, 0.717) is 0 Å². The number of rotatable bonds is 3. The van der Waals surface area contributed by atoms with Crippen LogP contribution in [0, 0.1) is 5.41 Å². The number of carbonyl (C=O) groups is 2. The van der Waals surface area contributed by atoms with Gasteiger partial charge in [-0.25, -0.2) is 4.79 Å². The van der Waals surface area contributed by atoms with Crippen LogP contribution in [0.4, 0.5) is 4.79 Å². The SMILES string of the molecule is CC(NC(=O)OC(C)(C)C)C(C)(C)C(=O)O. The molecule has 0 aromatic carbocycles. The average Bonchev–Trinajstić information content (AvgIpc) is 1.99. The molecule has 0 saturated carbocycles. The molecule has 0 heterocycles. The molecule has 0 saturated heterocycles. The van der Waals surface area contributed by atoms with Crippen LogP contribution in [0.1, 0.15) is 41.5 Å². The topological polar surface area (TPSA) is 75.6 Å². The van der Waals surface area contributed by atoms with Crippen molar-refractivity contribution in [3.63, 3.8) is 0 Å². The third-order valence-corrected chi connectivity index (χ3v) is 2.37. The van der Waals surface area contributed by atoms with Crippen LogP contribution in [0.15, 0.2) is 0 Å². The molecule has 94 valence electrons. The zero-order valence-corrected chi connectivity index (χ0v) is 10.7. The van der Waals surface area contributed by atoms with Crippen LogP contribution in [0.25, 0.3) is 0 Å². The molecule has 0 rings (SSSR count). The van der Waals surface area contributed by atoms with E-state index in [1.807, 2.05) is 0 Å². The Balaban J connectivity index is 4.41. The van der Waals surface area contributed by atoms with E-state index in [9.17, 15) is 9.59 Å². The Hall–Kier alpha value is -1.26. The zero-order chi connectivity index (χ0) is 13.1. The molecule has 0 aliphatic rings. The lowest BCUT2D eigenvalue weighted by molar-refractivity contribution is -0.148. The van der Waals surface area contributed by atoms with Crippen LogP contribution < -0.4 is 5.32 Å². The highest BCUT2D eigenvalue weighted by Gasteiger charge is 2.35. The van der Waals surface area contributed by atoms with Crippen LogP contribution in [0.2, 0.25) is 0 Å². The molecule has 0 aliphatic heterocycles. The number of nitrogens with one attached hydrogen (secondary N) is 1. The molecule has 1 amide bonds. The molecule has 1 unspecified atom stereocenters. The molecule has 2 N–H and O–H groups in total. The fraction of sp³-hybridized carbons (Fsp3) is 0.818. The summed E-state index contributed by atoms with van der Waals surface area (Å²) in [6.07, 6.45) is -0.602. The van der Waals surface area contributed by atoms with Gasteiger partial charge in [-0.15, -0.1) is 0 Å². The number of carboxylic acids is 1. The molecule has 5 nitrogen and oxygen atoms in total. The highest BCUT2D eigenvalue weighted by atomic mass is 16.6. The molecule has 0 aliphatic carbocycles. The van der Waals surface area contributed by atoms with Crippen molar-refractivity contribution >= 4 is 12.1 Å². The molecule has 0 aromatic heterocycles. The summed E-state index contributed by atoms with van der Waals surface area (Å²) in [5.41, 5.74) is -1.62. The average molecular weight is 231 g/mol. The minimum atomic E-state index is -1.03. The Morgan fingerprint density at radius 1 is 1.19 bits per heavy atom. The van der Waals surface area contributed by atoms with Gasteiger partial charge in [0.15, 0.2) is 0 Å². The number of carboxylic acid groups (broad SMARTS) is 1. The smallest absolute Gasteiger partial charge is 0.407 e. The standard InChI is InChI=1S/C11H21NO4/c1-7(11(5,6)8(13)14)12-9(15)16-10(2,3)4/h7H,1-6H3,(H,12,15)(H,13,14). The molecule has 0 bridgehead atoms. The maximum Gasteiger partial charge on any atom is 0.407 e. The second-order valence-electron chi connectivity index (χ2n) is 5.39. The van der Waals surface area contributed by atoms with Gasteiger partial charge >= 0.3 is 12.1 Å². The van der Waals surface area contributed by atoms with Crippen molar-refractivity contribution in [2.45, 2.75) is 53.2 Å². The third kappa shape index (κ3) is 4.51. The summed E-state index contributed by atoms with van der Waals surface area (Å²) in [5, 5.41) is 11.5. The van der Waals surface area contributed by atoms with Gasteiger partial charge in [0.25, 0.3) is 0 Å². The van der Waals surface area contributed by atoms with E-state index in [-0.39, 0.29) is 0 Å². The van der Waals surface area contributed by atoms with Crippen molar-refractivity contribution in [3.05, 3.63) is 0 Å². The van der Waals surface area contributed by atoms with Gasteiger partial charge in [-0.2, -0.15) is 0 Å². The maximum absolute atomic E-state index is 11.4. The predicted octanol–water partition coefficient (Wildman–Crippen LogP) is 2.01. The molecule has 0 fully saturated rings. The van der Waals surface area contributed by atoms with Crippen molar-refractivity contribution in [1.82, 2.24) is 5.32 Å². The summed E-state index contributed by atoms with van der Waals surface area (Å²) in [5.74, 6) is -0.962. The molecule has 5 heteroatoms. The second kappa shape index (κ2) is 4.72. The number of carbonyl (C=O) groups excluding carboxylic acids is 1. The van der Waals surface area contributed by atoms with Gasteiger partial charge in [0.1, 0.15) is 5.60 Å². The van der Waals surface area contributed by atoms with Crippen molar-refractivity contribution < 1.29 is 19.4 Å². The molecule has 0 aromatic rings. The van der Waals surface area contributed by atoms with Gasteiger partial charge in [0.05, 0.1) is 5.41 Å². The van der Waals surface area contributed by atoms with E-state index in [4.69, 9.17) is 9.84 Å². The fourth-order valence-electron chi connectivity index (χ4n) is 0.850. The lowest BCUT2D eigenvalue weighted by atomic mass is 9.86. The predicted molar refractivity (Wildman–Crippen MR) is 60.2 cm³/mol. The number of amides is 1. The molecule has 0 radical (unpaired) electrons. The molecule has 16 heavy (non-hydrogen) atoms. The summed E-state index contributed by atoms with van der Waals surface area (Å²) in [6, 6.07) is -0.514. The Kier molecular flexibility index (Phi) is 4.35. The fourth-order valence-corrected chi connectivity index (χ4v) is 0.850. The summed E-state index contributed by atoms with van der Waals surface area (Å²) < 4.78 is 5.04. The second-order valence-corrected chi connectivity index (χ2v) is 5.39. The normalized spacial score (nSPS) is 14.1. The minimum absolute atomic E-state index is 0.514. The lowest BCUT2D eigenvalue weighted by Gasteiger charge is -2.29. The molecular weight excluding hydrogens is 210 g/mol. The van der Waals surface area contributed by atoms with E-state index in [0.717, 1.165) is 0 Å². The first-order valence-electron chi connectivity index (χ1n) is 5.19. The van der Waals surface area contributed by atoms with Gasteiger partial charge in [0, 0.05) is 6.04 Å². The summed E-state index contributed by atoms with van der Waals surface area (Å²) in [7, 11) is 0. The molecule has 1 atom stereocenters. The number of hydrogen-bond donors (Lipinski definition) is 2. The molecular formula is C11H21NO4. The van der Waals surface area contributed by atoms with Gasteiger partial charge in [-0.3, -0.25) is 4.79 Å². The van der Waals surface area contributed by atoms with E-state index in [1.165, 1.54) is 0 Å². The first kappa shape index (κ1) is 14.7. The number of hydrogen-bond acceptors (Lipinski definition) is 3. The number of aliphatic carboxylic acids is 1. The van der Waals surface area contributed by atoms with E-state index < -0.39 is 29.1 Å². The third-order valence-electron chi connectivity index (χ3n) is 2.37. The van der Waals surface area contributed by atoms with E-state index in [1.54, 1.807) is 41.5 Å². The lowest BCUT2D eigenvalue weighted by Crippen LogP contribution is -2.48. The van der Waals surface area contributed by atoms with Gasteiger partial charge in [0.2, 0.25) is 0 Å². The Morgan fingerprint density at radius 2 is 1.62 bits per heavy atom. The van der Waals surface area contributed by atoms with E-state index >= 15 is 0 Å². The quantitative estimate of drug-likeness (QED) is 0.779. The zero-order valence-electron chi connectivity index (χ0n) is 10.7. The van der Waals surface area contributed by atoms with Crippen molar-refractivity contribution in [2.24, 2.45) is 5.41 Å². The van der Waals surface area contributed by atoms with Crippen molar-refractivity contribution in [2.75, 3.05) is 0 Å². The van der Waals surface area contributed by atoms with Crippen molar-refractivity contribution in [3.8, 4) is 0 Å².